The topological polar surface area (TPSA) is 40.5 Å². The third-order valence-electron chi connectivity index (χ3n) is 5.70. The zero-order chi connectivity index (χ0) is 18.6. The summed E-state index contributed by atoms with van der Waals surface area (Å²) in [7, 11) is 0. The maximum Gasteiger partial charge on any atom is 0.227 e. The molecule has 1 aliphatic heterocycles. The highest BCUT2D eigenvalue weighted by molar-refractivity contribution is 5.90. The minimum absolute atomic E-state index is 0.180. The van der Waals surface area contributed by atoms with E-state index in [-0.39, 0.29) is 11.8 Å². The monoisotopic (exact) mass is 359 g/mol. The molecule has 0 bridgehead atoms. The van der Waals surface area contributed by atoms with Crippen LogP contribution in [0.25, 0.3) is 10.8 Å². The zero-order valence-electron chi connectivity index (χ0n) is 15.4. The lowest BCUT2D eigenvalue weighted by Gasteiger charge is -2.34. The van der Waals surface area contributed by atoms with Crippen LogP contribution in [-0.4, -0.2) is 29.0 Å². The quantitative estimate of drug-likeness (QED) is 0.752. The first kappa shape index (κ1) is 17.7. The molecular formula is C24H25NO2. The van der Waals surface area contributed by atoms with E-state index in [9.17, 15) is 9.90 Å². The van der Waals surface area contributed by atoms with Crippen LogP contribution in [0.15, 0.2) is 72.8 Å². The number of amides is 1. The van der Waals surface area contributed by atoms with Crippen molar-refractivity contribution in [3.05, 3.63) is 83.9 Å². The van der Waals surface area contributed by atoms with Gasteiger partial charge >= 0.3 is 0 Å². The molecule has 4 rings (SSSR count). The van der Waals surface area contributed by atoms with E-state index in [4.69, 9.17) is 0 Å². The number of hydrogen-bond acceptors (Lipinski definition) is 2. The van der Waals surface area contributed by atoms with E-state index >= 15 is 0 Å². The molecule has 3 nitrogen and oxygen atoms in total. The van der Waals surface area contributed by atoms with Crippen molar-refractivity contribution in [2.24, 2.45) is 5.92 Å². The summed E-state index contributed by atoms with van der Waals surface area (Å²) >= 11 is 0. The number of carbonyl (C=O) groups is 1. The molecule has 1 atom stereocenters. The highest BCUT2D eigenvalue weighted by atomic mass is 16.3. The molecule has 3 heteroatoms. The second kappa shape index (κ2) is 7.93. The van der Waals surface area contributed by atoms with Crippen molar-refractivity contribution in [3.63, 3.8) is 0 Å². The van der Waals surface area contributed by atoms with Crippen molar-refractivity contribution in [2.45, 2.75) is 25.4 Å². The molecule has 1 heterocycles. The molecule has 0 saturated carbocycles. The number of likely N-dealkylation sites (tertiary alicyclic amines) is 1. The Kier molecular flexibility index (Phi) is 5.21. The Labute approximate surface area is 160 Å². The molecule has 3 aromatic carbocycles. The average Bonchev–Trinajstić information content (AvgIpc) is 2.74. The first-order valence-electron chi connectivity index (χ1n) is 9.70. The Hall–Kier alpha value is -2.65. The van der Waals surface area contributed by atoms with Crippen LogP contribution in [0.4, 0.5) is 0 Å². The third kappa shape index (κ3) is 3.88. The fraction of sp³-hybridized carbons (Fsp3) is 0.292. The summed E-state index contributed by atoms with van der Waals surface area (Å²) in [6, 6.07) is 24.2. The molecule has 0 radical (unpaired) electrons. The molecule has 0 spiro atoms. The predicted molar refractivity (Wildman–Crippen MR) is 108 cm³/mol. The Morgan fingerprint density at radius 2 is 1.59 bits per heavy atom. The van der Waals surface area contributed by atoms with Gasteiger partial charge in [-0.1, -0.05) is 72.8 Å². The van der Waals surface area contributed by atoms with Gasteiger partial charge < -0.3 is 10.0 Å². The molecule has 138 valence electrons. The maximum absolute atomic E-state index is 12.8. The predicted octanol–water partition coefficient (Wildman–Crippen LogP) is 4.35. The normalized spacial score (nSPS) is 16.4. The first-order chi connectivity index (χ1) is 13.2. The van der Waals surface area contributed by atoms with Crippen LogP contribution in [0.5, 0.6) is 0 Å². The number of nitrogens with zero attached hydrogens (tertiary/aromatic N) is 1. The molecule has 1 saturated heterocycles. The average molecular weight is 359 g/mol. The van der Waals surface area contributed by atoms with Gasteiger partial charge in [0, 0.05) is 13.1 Å². The molecule has 27 heavy (non-hydrogen) atoms. The summed E-state index contributed by atoms with van der Waals surface area (Å²) in [5, 5.41) is 12.9. The van der Waals surface area contributed by atoms with Gasteiger partial charge in [0.2, 0.25) is 5.91 Å². The van der Waals surface area contributed by atoms with Gasteiger partial charge in [-0.05, 0) is 40.7 Å². The summed E-state index contributed by atoms with van der Waals surface area (Å²) in [6.45, 7) is 1.44. The molecule has 1 amide bonds. The Morgan fingerprint density at radius 1 is 0.926 bits per heavy atom. The fourth-order valence-corrected chi connectivity index (χ4v) is 4.11. The van der Waals surface area contributed by atoms with Gasteiger partial charge in [-0.3, -0.25) is 4.79 Å². The molecule has 1 aliphatic rings. The number of fused-ring (bicyclic) bond motifs is 1. The maximum atomic E-state index is 12.8. The van der Waals surface area contributed by atoms with Crippen LogP contribution >= 0.6 is 0 Å². The lowest BCUT2D eigenvalue weighted by atomic mass is 9.87. The minimum atomic E-state index is -0.443. The molecule has 1 N–H and O–H groups in total. The van der Waals surface area contributed by atoms with E-state index in [1.807, 2.05) is 59.5 Å². The zero-order valence-corrected chi connectivity index (χ0v) is 15.4. The number of hydrogen-bond donors (Lipinski definition) is 1. The van der Waals surface area contributed by atoms with Crippen LogP contribution in [0.2, 0.25) is 0 Å². The van der Waals surface area contributed by atoms with Crippen LogP contribution in [0, 0.1) is 5.92 Å². The highest BCUT2D eigenvalue weighted by Gasteiger charge is 2.28. The second-order valence-corrected chi connectivity index (χ2v) is 7.39. The van der Waals surface area contributed by atoms with E-state index in [1.165, 1.54) is 5.39 Å². The van der Waals surface area contributed by atoms with Gasteiger partial charge in [-0.25, -0.2) is 0 Å². The highest BCUT2D eigenvalue weighted by Crippen LogP contribution is 2.31. The first-order valence-corrected chi connectivity index (χ1v) is 9.70. The number of benzene rings is 3. The van der Waals surface area contributed by atoms with Crippen molar-refractivity contribution >= 4 is 16.7 Å². The summed E-state index contributed by atoms with van der Waals surface area (Å²) in [6.07, 6.45) is 1.68. The molecule has 0 aliphatic carbocycles. The van der Waals surface area contributed by atoms with Crippen molar-refractivity contribution in [1.82, 2.24) is 4.90 Å². The third-order valence-corrected chi connectivity index (χ3v) is 5.70. The Balaban J connectivity index is 1.39. The molecule has 3 aromatic rings. The number of aliphatic hydroxyl groups is 1. The van der Waals surface area contributed by atoms with Gasteiger partial charge in [0.1, 0.15) is 0 Å². The van der Waals surface area contributed by atoms with Gasteiger partial charge in [-0.2, -0.15) is 0 Å². The summed E-state index contributed by atoms with van der Waals surface area (Å²) in [4.78, 5) is 14.8. The molecule has 1 fully saturated rings. The number of rotatable bonds is 4. The van der Waals surface area contributed by atoms with Crippen molar-refractivity contribution in [1.29, 1.82) is 0 Å². The minimum Gasteiger partial charge on any atom is -0.388 e. The van der Waals surface area contributed by atoms with Crippen molar-refractivity contribution in [3.8, 4) is 0 Å². The Morgan fingerprint density at radius 3 is 2.37 bits per heavy atom. The Bertz CT molecular complexity index is 909. The summed E-state index contributed by atoms with van der Waals surface area (Å²) in [5.74, 6) is 0.396. The van der Waals surface area contributed by atoms with Gasteiger partial charge in [-0.15, -0.1) is 0 Å². The van der Waals surface area contributed by atoms with E-state index in [0.717, 1.165) is 42.4 Å². The molecular weight excluding hydrogens is 334 g/mol. The molecule has 0 unspecified atom stereocenters. The largest absolute Gasteiger partial charge is 0.388 e. The SMILES string of the molecule is O=C(Cc1cccc2ccccc12)N1CCC([C@H](O)c2ccccc2)CC1. The summed E-state index contributed by atoms with van der Waals surface area (Å²) < 4.78 is 0. The fourth-order valence-electron chi connectivity index (χ4n) is 4.11. The van der Waals surface area contributed by atoms with Crippen molar-refractivity contribution in [2.75, 3.05) is 13.1 Å². The lowest BCUT2D eigenvalue weighted by molar-refractivity contribution is -0.132. The van der Waals surface area contributed by atoms with Crippen LogP contribution in [0.1, 0.15) is 30.1 Å². The van der Waals surface area contributed by atoms with Crippen LogP contribution in [0.3, 0.4) is 0 Å². The second-order valence-electron chi connectivity index (χ2n) is 7.39. The smallest absolute Gasteiger partial charge is 0.227 e. The lowest BCUT2D eigenvalue weighted by Crippen LogP contribution is -2.40. The number of piperidine rings is 1. The molecule has 0 aromatic heterocycles. The van der Waals surface area contributed by atoms with E-state index in [0.29, 0.717) is 6.42 Å². The van der Waals surface area contributed by atoms with Gasteiger partial charge in [0.25, 0.3) is 0 Å². The van der Waals surface area contributed by atoms with Crippen LogP contribution in [-0.2, 0) is 11.2 Å². The van der Waals surface area contributed by atoms with Gasteiger partial charge in [0.15, 0.2) is 0 Å². The number of aliphatic hydroxyl groups excluding tert-OH is 1. The van der Waals surface area contributed by atoms with E-state index < -0.39 is 6.10 Å². The number of carbonyl (C=O) groups excluding carboxylic acids is 1. The van der Waals surface area contributed by atoms with E-state index in [2.05, 4.69) is 18.2 Å². The summed E-state index contributed by atoms with van der Waals surface area (Å²) in [5.41, 5.74) is 2.06. The standard InChI is InChI=1S/C24H25NO2/c26-23(17-21-11-6-10-18-7-4-5-12-22(18)21)25-15-13-20(14-16-25)24(27)19-8-2-1-3-9-19/h1-12,20,24,27H,13-17H2/t24-/m1/s1. The van der Waals surface area contributed by atoms with Crippen molar-refractivity contribution < 1.29 is 9.90 Å². The van der Waals surface area contributed by atoms with Crippen LogP contribution < -0.4 is 0 Å². The van der Waals surface area contributed by atoms with Gasteiger partial charge in [0.05, 0.1) is 12.5 Å². The van der Waals surface area contributed by atoms with E-state index in [1.54, 1.807) is 0 Å².